The highest BCUT2D eigenvalue weighted by molar-refractivity contribution is 5.66. The number of aryl methyl sites for hydroxylation is 1. The van der Waals surface area contributed by atoms with Gasteiger partial charge >= 0.3 is 0 Å². The highest BCUT2D eigenvalue weighted by Gasteiger charge is 2.05. The lowest BCUT2D eigenvalue weighted by atomic mass is 10.2. The third-order valence-electron chi connectivity index (χ3n) is 2.84. The monoisotopic (exact) mass is 272 g/mol. The zero-order valence-electron chi connectivity index (χ0n) is 12.1. The topological polar surface area (TPSA) is 59.1 Å². The molecule has 5 nitrogen and oxygen atoms in total. The normalized spacial score (nSPS) is 10.2. The number of anilines is 3. The molecule has 1 aromatic heterocycles. The molecule has 0 aliphatic heterocycles. The molecule has 0 unspecified atom stereocenters. The molecule has 2 rings (SSSR count). The fourth-order valence-corrected chi connectivity index (χ4v) is 1.83. The van der Waals surface area contributed by atoms with Gasteiger partial charge in [0.1, 0.15) is 23.7 Å². The number of aromatic nitrogens is 2. The summed E-state index contributed by atoms with van der Waals surface area (Å²) in [6, 6.07) is 7.87. The van der Waals surface area contributed by atoms with E-state index in [0.29, 0.717) is 0 Å². The van der Waals surface area contributed by atoms with Crippen LogP contribution in [0, 0.1) is 6.92 Å². The summed E-state index contributed by atoms with van der Waals surface area (Å²) in [6.07, 6.45) is 2.60. The van der Waals surface area contributed by atoms with Crippen LogP contribution in [0.4, 0.5) is 17.3 Å². The second-order valence-electron chi connectivity index (χ2n) is 4.54. The average molecular weight is 272 g/mol. The van der Waals surface area contributed by atoms with Crippen LogP contribution in [0.2, 0.25) is 0 Å². The minimum absolute atomic E-state index is 0.738. The van der Waals surface area contributed by atoms with Crippen LogP contribution >= 0.6 is 0 Å². The lowest BCUT2D eigenvalue weighted by Crippen LogP contribution is -2.04. The highest BCUT2D eigenvalue weighted by atomic mass is 16.5. The summed E-state index contributed by atoms with van der Waals surface area (Å²) >= 11 is 0. The average Bonchev–Trinajstić information content (AvgIpc) is 2.46. The van der Waals surface area contributed by atoms with Gasteiger partial charge in [-0.1, -0.05) is 13.0 Å². The first-order chi connectivity index (χ1) is 9.72. The molecule has 20 heavy (non-hydrogen) atoms. The number of ether oxygens (including phenoxy) is 1. The Labute approximate surface area is 119 Å². The SMILES string of the molecule is CCCNc1cc(Nc2cc(C)ccc2OC)ncn1. The molecule has 5 heteroatoms. The Balaban J connectivity index is 2.19. The number of hydrogen-bond donors (Lipinski definition) is 2. The van der Waals surface area contributed by atoms with Gasteiger partial charge < -0.3 is 15.4 Å². The van der Waals surface area contributed by atoms with E-state index in [1.807, 2.05) is 31.2 Å². The third kappa shape index (κ3) is 3.60. The number of nitrogens with one attached hydrogen (secondary N) is 2. The van der Waals surface area contributed by atoms with Crippen molar-refractivity contribution in [1.82, 2.24) is 9.97 Å². The van der Waals surface area contributed by atoms with Gasteiger partial charge in [0.25, 0.3) is 0 Å². The van der Waals surface area contributed by atoms with E-state index in [1.165, 1.54) is 0 Å². The van der Waals surface area contributed by atoms with Crippen molar-refractivity contribution in [2.45, 2.75) is 20.3 Å². The van der Waals surface area contributed by atoms with Gasteiger partial charge in [0.15, 0.2) is 0 Å². The summed E-state index contributed by atoms with van der Waals surface area (Å²) in [7, 11) is 1.66. The second-order valence-corrected chi connectivity index (χ2v) is 4.54. The quantitative estimate of drug-likeness (QED) is 0.844. The predicted molar refractivity (Wildman–Crippen MR) is 81.8 cm³/mol. The Morgan fingerprint density at radius 1 is 1.15 bits per heavy atom. The minimum atomic E-state index is 0.738. The van der Waals surface area contributed by atoms with Crippen molar-refractivity contribution in [2.24, 2.45) is 0 Å². The molecule has 0 aliphatic rings. The Morgan fingerprint density at radius 3 is 2.70 bits per heavy atom. The van der Waals surface area contributed by atoms with Crippen LogP contribution in [0.15, 0.2) is 30.6 Å². The molecule has 0 saturated carbocycles. The van der Waals surface area contributed by atoms with Gasteiger partial charge in [-0.15, -0.1) is 0 Å². The zero-order valence-corrected chi connectivity index (χ0v) is 12.1. The molecule has 0 spiro atoms. The minimum Gasteiger partial charge on any atom is -0.495 e. The summed E-state index contributed by atoms with van der Waals surface area (Å²) in [4.78, 5) is 8.42. The van der Waals surface area contributed by atoms with Crippen molar-refractivity contribution < 1.29 is 4.74 Å². The number of rotatable bonds is 6. The van der Waals surface area contributed by atoms with E-state index in [-0.39, 0.29) is 0 Å². The van der Waals surface area contributed by atoms with Crippen LogP contribution in [0.3, 0.4) is 0 Å². The van der Waals surface area contributed by atoms with E-state index in [4.69, 9.17) is 4.74 Å². The maximum atomic E-state index is 5.35. The van der Waals surface area contributed by atoms with Gasteiger partial charge in [-0.05, 0) is 31.0 Å². The molecule has 2 N–H and O–H groups in total. The molecule has 1 aromatic carbocycles. The van der Waals surface area contributed by atoms with Gasteiger partial charge in [-0.3, -0.25) is 0 Å². The van der Waals surface area contributed by atoms with Crippen molar-refractivity contribution in [3.63, 3.8) is 0 Å². The van der Waals surface area contributed by atoms with Crippen LogP contribution < -0.4 is 15.4 Å². The largest absolute Gasteiger partial charge is 0.495 e. The molecule has 1 heterocycles. The van der Waals surface area contributed by atoms with Crippen LogP contribution in [0.5, 0.6) is 5.75 Å². The summed E-state index contributed by atoms with van der Waals surface area (Å²) in [5.74, 6) is 2.34. The van der Waals surface area contributed by atoms with Crippen LogP contribution in [0.25, 0.3) is 0 Å². The van der Waals surface area contributed by atoms with Gasteiger partial charge in [-0.25, -0.2) is 9.97 Å². The summed E-state index contributed by atoms with van der Waals surface area (Å²) in [5.41, 5.74) is 2.05. The Kier molecular flexibility index (Phi) is 4.76. The molecule has 0 atom stereocenters. The Hall–Kier alpha value is -2.30. The van der Waals surface area contributed by atoms with E-state index < -0.39 is 0 Å². The first-order valence-electron chi connectivity index (χ1n) is 6.70. The van der Waals surface area contributed by atoms with Crippen molar-refractivity contribution in [2.75, 3.05) is 24.3 Å². The summed E-state index contributed by atoms with van der Waals surface area (Å²) in [6.45, 7) is 5.05. The lowest BCUT2D eigenvalue weighted by molar-refractivity contribution is 0.416. The highest BCUT2D eigenvalue weighted by Crippen LogP contribution is 2.28. The summed E-state index contributed by atoms with van der Waals surface area (Å²) < 4.78 is 5.35. The predicted octanol–water partition coefficient (Wildman–Crippen LogP) is 3.36. The van der Waals surface area contributed by atoms with Crippen molar-refractivity contribution in [3.05, 3.63) is 36.2 Å². The molecular formula is C15H20N4O. The van der Waals surface area contributed by atoms with E-state index in [2.05, 4.69) is 27.5 Å². The fraction of sp³-hybridized carbons (Fsp3) is 0.333. The third-order valence-corrected chi connectivity index (χ3v) is 2.84. The maximum absolute atomic E-state index is 5.35. The molecule has 2 aromatic rings. The molecule has 106 valence electrons. The second kappa shape index (κ2) is 6.75. The summed E-state index contributed by atoms with van der Waals surface area (Å²) in [5, 5.41) is 6.50. The first kappa shape index (κ1) is 14.1. The van der Waals surface area contributed by atoms with E-state index >= 15 is 0 Å². The van der Waals surface area contributed by atoms with E-state index in [0.717, 1.165) is 41.6 Å². The molecule has 0 bridgehead atoms. The number of nitrogens with zero attached hydrogens (tertiary/aromatic N) is 2. The molecule has 0 amide bonds. The molecule has 0 saturated heterocycles. The van der Waals surface area contributed by atoms with Crippen LogP contribution in [-0.4, -0.2) is 23.6 Å². The van der Waals surface area contributed by atoms with Gasteiger partial charge in [0, 0.05) is 12.6 Å². The van der Waals surface area contributed by atoms with E-state index in [1.54, 1.807) is 13.4 Å². The van der Waals surface area contributed by atoms with Gasteiger partial charge in [0.2, 0.25) is 0 Å². The molecule has 0 fully saturated rings. The molecule has 0 radical (unpaired) electrons. The zero-order chi connectivity index (χ0) is 14.4. The molecular weight excluding hydrogens is 252 g/mol. The fourth-order valence-electron chi connectivity index (χ4n) is 1.83. The van der Waals surface area contributed by atoms with Crippen molar-refractivity contribution >= 4 is 17.3 Å². The van der Waals surface area contributed by atoms with Gasteiger partial charge in [-0.2, -0.15) is 0 Å². The Morgan fingerprint density at radius 2 is 1.95 bits per heavy atom. The Bertz CT molecular complexity index is 572. The van der Waals surface area contributed by atoms with Crippen LogP contribution in [-0.2, 0) is 0 Å². The van der Waals surface area contributed by atoms with Crippen molar-refractivity contribution in [3.8, 4) is 5.75 Å². The number of benzene rings is 1. The number of hydrogen-bond acceptors (Lipinski definition) is 5. The molecule has 0 aliphatic carbocycles. The number of methoxy groups -OCH3 is 1. The first-order valence-corrected chi connectivity index (χ1v) is 6.70. The standard InChI is InChI=1S/C15H20N4O/c1-4-7-16-14-9-15(18-10-17-14)19-12-8-11(2)5-6-13(12)20-3/h5-6,8-10H,4,7H2,1-3H3,(H2,16,17,18,19). The van der Waals surface area contributed by atoms with Crippen LogP contribution in [0.1, 0.15) is 18.9 Å². The maximum Gasteiger partial charge on any atom is 0.142 e. The smallest absolute Gasteiger partial charge is 0.142 e. The lowest BCUT2D eigenvalue weighted by Gasteiger charge is -2.12. The van der Waals surface area contributed by atoms with Crippen molar-refractivity contribution in [1.29, 1.82) is 0 Å². The van der Waals surface area contributed by atoms with E-state index in [9.17, 15) is 0 Å². The van der Waals surface area contributed by atoms with Gasteiger partial charge in [0.05, 0.1) is 12.8 Å².